The molecule has 0 saturated carbocycles. The molecule has 5 nitrogen and oxygen atoms in total. The van der Waals surface area contributed by atoms with Crippen LogP contribution in [0.25, 0.3) is 0 Å². The number of ether oxygens (including phenoxy) is 1. The molecule has 0 aliphatic rings. The fraction of sp³-hybridized carbons (Fsp3) is 0.294. The second kappa shape index (κ2) is 8.14. The number of aromatic nitrogens is 1. The number of carbonyl (C=O) groups is 1. The van der Waals surface area contributed by atoms with Crippen molar-refractivity contribution >= 4 is 5.91 Å². The molecule has 0 radical (unpaired) electrons. The minimum absolute atomic E-state index is 0.0789. The summed E-state index contributed by atoms with van der Waals surface area (Å²) in [5, 5.41) is 9.19. The Hall–Kier alpha value is -2.40. The Kier molecular flexibility index (Phi) is 5.91. The van der Waals surface area contributed by atoms with Crippen LogP contribution < -0.4 is 4.74 Å². The molecule has 22 heavy (non-hydrogen) atoms. The number of aliphatic hydroxyl groups is 1. The standard InChI is InChI=1S/C17H20N2O3/c1-22-15-7-9-18-16(13-15)17(21)19(11-12-20)10-8-14-5-3-2-4-6-14/h2-7,9,13,20H,8,10-12H2,1H3. The molecule has 1 aromatic heterocycles. The Morgan fingerprint density at radius 1 is 1.23 bits per heavy atom. The molecule has 0 spiro atoms. The summed E-state index contributed by atoms with van der Waals surface area (Å²) >= 11 is 0. The molecule has 2 aromatic rings. The third-order valence-electron chi connectivity index (χ3n) is 3.36. The molecule has 1 N–H and O–H groups in total. The lowest BCUT2D eigenvalue weighted by Crippen LogP contribution is -2.35. The van der Waals surface area contributed by atoms with Crippen LogP contribution in [0.3, 0.4) is 0 Å². The highest BCUT2D eigenvalue weighted by Crippen LogP contribution is 2.12. The van der Waals surface area contributed by atoms with Gasteiger partial charge in [0.25, 0.3) is 5.91 Å². The first kappa shape index (κ1) is 16.0. The van der Waals surface area contributed by atoms with Crippen LogP contribution in [0.4, 0.5) is 0 Å². The number of rotatable bonds is 7. The van der Waals surface area contributed by atoms with Crippen molar-refractivity contribution < 1.29 is 14.6 Å². The Morgan fingerprint density at radius 3 is 2.68 bits per heavy atom. The van der Waals surface area contributed by atoms with Crippen LogP contribution in [0.5, 0.6) is 5.75 Å². The summed E-state index contributed by atoms with van der Waals surface area (Å²) in [5.74, 6) is 0.384. The number of benzene rings is 1. The zero-order valence-electron chi connectivity index (χ0n) is 12.6. The van der Waals surface area contributed by atoms with E-state index < -0.39 is 0 Å². The average molecular weight is 300 g/mol. The van der Waals surface area contributed by atoms with Crippen LogP contribution >= 0.6 is 0 Å². The zero-order valence-corrected chi connectivity index (χ0v) is 12.6. The molecule has 0 bridgehead atoms. The van der Waals surface area contributed by atoms with Crippen LogP contribution in [0.2, 0.25) is 0 Å². The smallest absolute Gasteiger partial charge is 0.272 e. The summed E-state index contributed by atoms with van der Waals surface area (Å²) in [6, 6.07) is 13.2. The van der Waals surface area contributed by atoms with Crippen LogP contribution in [0.15, 0.2) is 48.7 Å². The molecule has 1 heterocycles. The first-order chi connectivity index (χ1) is 10.7. The van der Waals surface area contributed by atoms with Gasteiger partial charge in [0.1, 0.15) is 11.4 Å². The highest BCUT2D eigenvalue weighted by molar-refractivity contribution is 5.92. The Labute approximate surface area is 130 Å². The molecule has 0 unspecified atom stereocenters. The quantitative estimate of drug-likeness (QED) is 0.846. The van der Waals surface area contributed by atoms with Crippen molar-refractivity contribution in [1.29, 1.82) is 0 Å². The van der Waals surface area contributed by atoms with Crippen molar-refractivity contribution in [2.24, 2.45) is 0 Å². The fourth-order valence-corrected chi connectivity index (χ4v) is 2.16. The Balaban J connectivity index is 2.07. The van der Waals surface area contributed by atoms with E-state index in [1.54, 1.807) is 30.3 Å². The van der Waals surface area contributed by atoms with Crippen LogP contribution in [-0.4, -0.2) is 47.7 Å². The second-order valence-corrected chi connectivity index (χ2v) is 4.83. The normalized spacial score (nSPS) is 10.3. The first-order valence-corrected chi connectivity index (χ1v) is 7.18. The maximum atomic E-state index is 12.5. The summed E-state index contributed by atoms with van der Waals surface area (Å²) < 4.78 is 5.11. The van der Waals surface area contributed by atoms with Gasteiger partial charge in [0.2, 0.25) is 0 Å². The molecule has 2 rings (SSSR count). The topological polar surface area (TPSA) is 62.7 Å². The number of hydrogen-bond donors (Lipinski definition) is 1. The van der Waals surface area contributed by atoms with E-state index in [0.29, 0.717) is 18.0 Å². The highest BCUT2D eigenvalue weighted by Gasteiger charge is 2.17. The number of pyridine rings is 1. The molecule has 116 valence electrons. The van der Waals surface area contributed by atoms with Crippen molar-refractivity contribution in [1.82, 2.24) is 9.88 Å². The molecule has 1 amide bonds. The summed E-state index contributed by atoms with van der Waals surface area (Å²) in [4.78, 5) is 18.2. The number of nitrogens with zero attached hydrogens (tertiary/aromatic N) is 2. The molecule has 0 saturated heterocycles. The van der Waals surface area contributed by atoms with Gasteiger partial charge < -0.3 is 14.7 Å². The first-order valence-electron chi connectivity index (χ1n) is 7.18. The summed E-state index contributed by atoms with van der Waals surface area (Å²) in [6.07, 6.45) is 2.27. The van der Waals surface area contributed by atoms with Gasteiger partial charge >= 0.3 is 0 Å². The van der Waals surface area contributed by atoms with Gasteiger partial charge in [-0.2, -0.15) is 0 Å². The fourth-order valence-electron chi connectivity index (χ4n) is 2.16. The van der Waals surface area contributed by atoms with Crippen molar-refractivity contribution in [3.8, 4) is 5.75 Å². The monoisotopic (exact) mass is 300 g/mol. The molecule has 5 heteroatoms. The third kappa shape index (κ3) is 4.30. The van der Waals surface area contributed by atoms with Gasteiger partial charge in [0, 0.05) is 25.4 Å². The minimum atomic E-state index is -0.205. The Bertz CT molecular complexity index is 602. The van der Waals surface area contributed by atoms with Gasteiger partial charge in [-0.1, -0.05) is 30.3 Å². The van der Waals surface area contributed by atoms with Crippen LogP contribution in [-0.2, 0) is 6.42 Å². The summed E-state index contributed by atoms with van der Waals surface area (Å²) in [7, 11) is 1.55. The average Bonchev–Trinajstić information content (AvgIpc) is 2.59. The zero-order chi connectivity index (χ0) is 15.8. The molecular formula is C17H20N2O3. The summed E-state index contributed by atoms with van der Waals surface area (Å²) in [5.41, 5.74) is 1.47. The molecule has 0 atom stereocenters. The molecule has 1 aromatic carbocycles. The molecule has 0 aliphatic carbocycles. The number of aliphatic hydroxyl groups excluding tert-OH is 1. The predicted molar refractivity (Wildman–Crippen MR) is 83.9 cm³/mol. The van der Waals surface area contributed by atoms with Crippen molar-refractivity contribution in [2.75, 3.05) is 26.8 Å². The van der Waals surface area contributed by atoms with Gasteiger partial charge in [-0.05, 0) is 18.1 Å². The van der Waals surface area contributed by atoms with Crippen molar-refractivity contribution in [3.05, 3.63) is 59.9 Å². The van der Waals surface area contributed by atoms with Crippen molar-refractivity contribution in [2.45, 2.75) is 6.42 Å². The lowest BCUT2D eigenvalue weighted by molar-refractivity contribution is 0.0717. The minimum Gasteiger partial charge on any atom is -0.497 e. The largest absolute Gasteiger partial charge is 0.497 e. The lowest BCUT2D eigenvalue weighted by atomic mass is 10.1. The lowest BCUT2D eigenvalue weighted by Gasteiger charge is -2.21. The highest BCUT2D eigenvalue weighted by atomic mass is 16.5. The van der Waals surface area contributed by atoms with Crippen LogP contribution in [0.1, 0.15) is 16.1 Å². The molecule has 0 aliphatic heterocycles. The number of carbonyl (C=O) groups excluding carboxylic acids is 1. The van der Waals surface area contributed by atoms with E-state index in [-0.39, 0.29) is 19.1 Å². The van der Waals surface area contributed by atoms with Crippen molar-refractivity contribution in [3.63, 3.8) is 0 Å². The molecular weight excluding hydrogens is 280 g/mol. The maximum absolute atomic E-state index is 12.5. The maximum Gasteiger partial charge on any atom is 0.272 e. The third-order valence-corrected chi connectivity index (χ3v) is 3.36. The van der Waals surface area contributed by atoms with E-state index in [4.69, 9.17) is 4.74 Å². The van der Waals surface area contributed by atoms with Crippen LogP contribution in [0, 0.1) is 0 Å². The SMILES string of the molecule is COc1ccnc(C(=O)N(CCO)CCc2ccccc2)c1. The van der Waals surface area contributed by atoms with E-state index in [1.165, 1.54) is 0 Å². The second-order valence-electron chi connectivity index (χ2n) is 4.83. The van der Waals surface area contributed by atoms with E-state index in [9.17, 15) is 9.90 Å². The van der Waals surface area contributed by atoms with E-state index >= 15 is 0 Å². The molecule has 0 fully saturated rings. The van der Waals surface area contributed by atoms with Gasteiger partial charge in [0.05, 0.1) is 13.7 Å². The number of hydrogen-bond acceptors (Lipinski definition) is 4. The van der Waals surface area contributed by atoms with Gasteiger partial charge in [-0.25, -0.2) is 0 Å². The van der Waals surface area contributed by atoms with Gasteiger partial charge in [0.15, 0.2) is 0 Å². The number of amides is 1. The van der Waals surface area contributed by atoms with E-state index in [0.717, 1.165) is 12.0 Å². The van der Waals surface area contributed by atoms with E-state index in [2.05, 4.69) is 4.98 Å². The Morgan fingerprint density at radius 2 is 2.00 bits per heavy atom. The van der Waals surface area contributed by atoms with E-state index in [1.807, 2.05) is 30.3 Å². The summed E-state index contributed by atoms with van der Waals surface area (Å²) in [6.45, 7) is 0.733. The van der Waals surface area contributed by atoms with Gasteiger partial charge in [-0.3, -0.25) is 9.78 Å². The van der Waals surface area contributed by atoms with Gasteiger partial charge in [-0.15, -0.1) is 0 Å². The predicted octanol–water partition coefficient (Wildman–Crippen LogP) is 1.77. The number of methoxy groups -OCH3 is 1.